The van der Waals surface area contributed by atoms with Crippen LogP contribution >= 0.6 is 45.9 Å². The summed E-state index contributed by atoms with van der Waals surface area (Å²) in [6, 6.07) is 0. The van der Waals surface area contributed by atoms with Crippen LogP contribution in [0.5, 0.6) is 0 Å². The second-order valence-corrected chi connectivity index (χ2v) is 64.5. The van der Waals surface area contributed by atoms with Crippen LogP contribution in [0.2, 0.25) is 4.64 Å². The van der Waals surface area contributed by atoms with Crippen molar-refractivity contribution < 1.29 is 14.2 Å². The van der Waals surface area contributed by atoms with E-state index >= 15 is 0 Å². The Kier molecular flexibility index (Phi) is 4.04. The van der Waals surface area contributed by atoms with E-state index in [-0.39, 0.29) is 11.2 Å². The van der Waals surface area contributed by atoms with Gasteiger partial charge in [-0.1, -0.05) is 0 Å². The molecule has 0 aliphatic carbocycles. The zero-order valence-electron chi connectivity index (χ0n) is 5.61. The number of aliphatic hydroxyl groups is 1. The molecule has 0 aromatic rings. The Morgan fingerprint density at radius 3 is 1.64 bits per heavy atom. The Hall–Kier alpha value is 2.15. The first-order valence-corrected chi connectivity index (χ1v) is 25.2. The fraction of sp³-hybridized carbons (Fsp3) is 1.00. The molecule has 0 heterocycles. The summed E-state index contributed by atoms with van der Waals surface area (Å²) in [5.74, 6) is 0. The van der Waals surface area contributed by atoms with Crippen molar-refractivity contribution in [3.05, 3.63) is 0 Å². The van der Waals surface area contributed by atoms with E-state index in [1.54, 1.807) is 0 Å². The summed E-state index contributed by atoms with van der Waals surface area (Å²) in [5, 5.41) is 8.44. The molecule has 0 aliphatic heterocycles. The van der Waals surface area contributed by atoms with Gasteiger partial charge in [0.25, 0.3) is 0 Å². The topological polar surface area (TPSA) is 20.2 Å². The predicted molar refractivity (Wildman–Crippen MR) is 50.4 cm³/mol. The van der Waals surface area contributed by atoms with Gasteiger partial charge in [0, 0.05) is 0 Å². The van der Waals surface area contributed by atoms with E-state index in [1.165, 1.54) is 0 Å². The van der Waals surface area contributed by atoms with Gasteiger partial charge in [0.15, 0.2) is 0 Å². The molecule has 0 unspecified atom stereocenters. The second-order valence-electron chi connectivity index (χ2n) is 2.39. The molecule has 1 nitrogen and oxygen atoms in total. The van der Waals surface area contributed by atoms with Crippen molar-refractivity contribution in [1.82, 2.24) is 0 Å². The van der Waals surface area contributed by atoms with Gasteiger partial charge in [-0.05, 0) is 0 Å². The predicted octanol–water partition coefficient (Wildman–Crippen LogP) is 4.17. The first kappa shape index (κ1) is 13.2. The van der Waals surface area contributed by atoms with Crippen molar-refractivity contribution in [1.29, 1.82) is 0 Å². The third-order valence-electron chi connectivity index (χ3n) is 0.989. The van der Waals surface area contributed by atoms with Crippen molar-refractivity contribution >= 4 is 45.9 Å². The number of rotatable bonds is 4. The first-order chi connectivity index (χ1) is 4.54. The van der Waals surface area contributed by atoms with Gasteiger partial charge in [-0.2, -0.15) is 0 Å². The van der Waals surface area contributed by atoms with Gasteiger partial charge in [-0.25, -0.2) is 0 Å². The number of unbranched alkanes of at least 4 members (excludes halogenated alkanes) is 1. The number of aliphatic hydroxyl groups excluding tert-OH is 1. The van der Waals surface area contributed by atoms with Crippen LogP contribution in [-0.2, 0) is 9.10 Å². The molecule has 0 spiro atoms. The third-order valence-corrected chi connectivity index (χ3v) is 12.1. The first-order valence-electron chi connectivity index (χ1n) is 2.98. The molecule has 0 saturated carbocycles. The molecule has 0 aromatic carbocycles. The Bertz CT molecular complexity index is 135. The van der Waals surface area contributed by atoms with Gasteiger partial charge in [-0.15, -0.1) is 0 Å². The Balaban J connectivity index is 3.95. The molecule has 11 heavy (non-hydrogen) atoms. The molecule has 0 radical (unpaired) electrons. The molecule has 0 bridgehead atoms. The monoisotopic (exact) mass is 429 g/mol. The summed E-state index contributed by atoms with van der Waals surface area (Å²) in [6.45, 7) is 0.0620. The zero-order chi connectivity index (χ0) is 9.24. The van der Waals surface area contributed by atoms with Crippen LogP contribution in [-0.4, -0.2) is 11.7 Å². The van der Waals surface area contributed by atoms with Crippen molar-refractivity contribution in [2.24, 2.45) is 0 Å². The van der Waals surface area contributed by atoms with Crippen LogP contribution < -0.4 is 0 Å². The van der Waals surface area contributed by atoms with Gasteiger partial charge in [0.05, 0.1) is 0 Å². The minimum absolute atomic E-state index is 0.0620. The SMILES string of the molecule is OCCC[CH2][Ta]([Cl])([Cl])([Cl])([Cl])[Cl]. The molecule has 0 atom stereocenters. The number of hydrogen-bond acceptors (Lipinski definition) is 1. The molecule has 0 aromatic heterocycles. The molecular weight excluding hydrogens is 422 g/mol. The Morgan fingerprint density at radius 1 is 0.909 bits per heavy atom. The normalized spacial score (nSPS) is 19.1. The van der Waals surface area contributed by atoms with Gasteiger partial charge in [0.1, 0.15) is 0 Å². The van der Waals surface area contributed by atoms with Crippen molar-refractivity contribution in [2.45, 2.75) is 17.5 Å². The maximum absolute atomic E-state index is 8.44. The molecule has 71 valence electrons. The minimum atomic E-state index is -5.29. The van der Waals surface area contributed by atoms with Crippen LogP contribution in [0, 0.1) is 0 Å². The number of hydrogen-bond donors (Lipinski definition) is 1. The average Bonchev–Trinajstić information content (AvgIpc) is 1.59. The zero-order valence-corrected chi connectivity index (χ0v) is 12.6. The quantitative estimate of drug-likeness (QED) is 0.663. The van der Waals surface area contributed by atoms with E-state index in [9.17, 15) is 0 Å². The molecule has 0 rings (SSSR count). The van der Waals surface area contributed by atoms with E-state index in [2.05, 4.69) is 0 Å². The molecule has 0 saturated heterocycles. The van der Waals surface area contributed by atoms with Crippen LogP contribution in [0.4, 0.5) is 0 Å². The standard InChI is InChI=1S/C4H9O.5ClH.Ta/c1-2-3-4-5;;;;;;/h5H,1-4H2;5*1H;/q;;;;;;+5/p-5. The van der Waals surface area contributed by atoms with Crippen LogP contribution in [0.3, 0.4) is 0 Å². The molecule has 0 aliphatic rings. The summed E-state index contributed by atoms with van der Waals surface area (Å²) in [6.07, 6.45) is 1.10. The third kappa shape index (κ3) is 12.2. The molecule has 7 heteroatoms. The van der Waals surface area contributed by atoms with Crippen molar-refractivity contribution in [2.75, 3.05) is 6.61 Å². The molecule has 1 N–H and O–H groups in total. The molecule has 0 amide bonds. The summed E-state index contributed by atoms with van der Waals surface area (Å²) < 4.78 is 0.180. The van der Waals surface area contributed by atoms with Crippen molar-refractivity contribution in [3.63, 3.8) is 0 Å². The van der Waals surface area contributed by atoms with Crippen LogP contribution in [0.25, 0.3) is 0 Å². The van der Waals surface area contributed by atoms with E-state index in [4.69, 9.17) is 51.1 Å². The van der Waals surface area contributed by atoms with E-state index < -0.39 is 9.10 Å². The molecular formula is C4H9Cl5OTa. The van der Waals surface area contributed by atoms with Gasteiger partial charge < -0.3 is 0 Å². The van der Waals surface area contributed by atoms with E-state index in [1.807, 2.05) is 0 Å². The van der Waals surface area contributed by atoms with Gasteiger partial charge in [0.2, 0.25) is 0 Å². The van der Waals surface area contributed by atoms with Gasteiger partial charge in [-0.3, -0.25) is 0 Å². The fourth-order valence-electron chi connectivity index (χ4n) is 0.522. The van der Waals surface area contributed by atoms with Crippen LogP contribution in [0.15, 0.2) is 0 Å². The average molecular weight is 431 g/mol. The summed E-state index contributed by atoms with van der Waals surface area (Å²) in [5.41, 5.74) is 0. The second kappa shape index (κ2) is 3.38. The summed E-state index contributed by atoms with van der Waals surface area (Å²) in [4.78, 5) is 0. The van der Waals surface area contributed by atoms with Crippen molar-refractivity contribution in [3.8, 4) is 0 Å². The Labute approximate surface area is 83.4 Å². The molecule has 0 fully saturated rings. The van der Waals surface area contributed by atoms with E-state index in [0.717, 1.165) is 0 Å². The summed E-state index contributed by atoms with van der Waals surface area (Å²) >= 11 is 0. The number of halogens is 5. The Morgan fingerprint density at radius 2 is 1.36 bits per heavy atom. The van der Waals surface area contributed by atoms with Gasteiger partial charge >= 0.3 is 84.2 Å². The van der Waals surface area contributed by atoms with E-state index in [0.29, 0.717) is 12.8 Å². The maximum atomic E-state index is 8.44. The fourth-order valence-corrected chi connectivity index (χ4v) is 8.36. The summed E-state index contributed by atoms with van der Waals surface area (Å²) in [7, 11) is 23.0. The van der Waals surface area contributed by atoms with Crippen LogP contribution in [0.1, 0.15) is 12.8 Å².